The first-order valence-corrected chi connectivity index (χ1v) is 20.6. The fourth-order valence-corrected chi connectivity index (χ4v) is 10.6. The van der Waals surface area contributed by atoms with E-state index in [1.165, 1.54) is 79.0 Å². The summed E-state index contributed by atoms with van der Waals surface area (Å²) in [6, 6.07) is 65.1. The number of hydrogen-bond donors (Lipinski definition) is 0. The van der Waals surface area contributed by atoms with Gasteiger partial charge in [0, 0.05) is 73.5 Å². The zero-order valence-electron chi connectivity index (χ0n) is 30.4. The Hall–Kier alpha value is -6.99. The second-order valence-corrected chi connectivity index (χ2v) is 16.6. The standard InChI is InChI=1S/C51H30N4S2/c1-3-11-31(12-4-1)49-52-50(32-13-5-2-6-14-32)54-51(53-49)35-20-24-39-41-27-33(21-25-45(41)56-48(39)29-35)34-19-23-40-42-30-36(22-26-46(42)57-47(40)28-34)55-43-17-9-7-15-37(43)38-16-8-10-18-44(38)55/h1-30H. The maximum absolute atomic E-state index is 4.98. The summed E-state index contributed by atoms with van der Waals surface area (Å²) >= 11 is 3.68. The van der Waals surface area contributed by atoms with Crippen LogP contribution in [0.25, 0.3) is 113 Å². The van der Waals surface area contributed by atoms with Crippen LogP contribution < -0.4 is 0 Å². The van der Waals surface area contributed by atoms with Gasteiger partial charge in [0.1, 0.15) is 0 Å². The van der Waals surface area contributed by atoms with Crippen molar-refractivity contribution < 1.29 is 0 Å². The molecule has 6 heteroatoms. The summed E-state index contributed by atoms with van der Waals surface area (Å²) in [7, 11) is 0. The van der Waals surface area contributed by atoms with Gasteiger partial charge in [0.15, 0.2) is 17.5 Å². The Morgan fingerprint density at radius 3 is 1.37 bits per heavy atom. The van der Waals surface area contributed by atoms with Gasteiger partial charge in [0.2, 0.25) is 0 Å². The van der Waals surface area contributed by atoms with Crippen LogP contribution in [0.15, 0.2) is 182 Å². The molecule has 4 aromatic heterocycles. The van der Waals surface area contributed by atoms with E-state index in [9.17, 15) is 0 Å². The summed E-state index contributed by atoms with van der Waals surface area (Å²) in [5.41, 5.74) is 8.99. The molecule has 0 fully saturated rings. The van der Waals surface area contributed by atoms with Crippen molar-refractivity contribution in [3.63, 3.8) is 0 Å². The van der Waals surface area contributed by atoms with Gasteiger partial charge in [0.25, 0.3) is 0 Å². The number of aromatic nitrogens is 4. The topological polar surface area (TPSA) is 43.6 Å². The maximum Gasteiger partial charge on any atom is 0.164 e. The second kappa shape index (κ2) is 12.8. The van der Waals surface area contributed by atoms with Gasteiger partial charge in [-0.15, -0.1) is 22.7 Å². The van der Waals surface area contributed by atoms with Crippen LogP contribution in [0, 0.1) is 0 Å². The zero-order chi connectivity index (χ0) is 37.5. The van der Waals surface area contributed by atoms with Crippen molar-refractivity contribution in [3.05, 3.63) is 182 Å². The Morgan fingerprint density at radius 1 is 0.298 bits per heavy atom. The van der Waals surface area contributed by atoms with Gasteiger partial charge in [-0.25, -0.2) is 15.0 Å². The van der Waals surface area contributed by atoms with E-state index in [0.717, 1.165) is 16.7 Å². The molecule has 266 valence electrons. The quantitative estimate of drug-likeness (QED) is 0.175. The van der Waals surface area contributed by atoms with Gasteiger partial charge >= 0.3 is 0 Å². The molecule has 4 heterocycles. The molecule has 0 radical (unpaired) electrons. The average Bonchev–Trinajstić information content (AvgIpc) is 3.95. The molecule has 57 heavy (non-hydrogen) atoms. The van der Waals surface area contributed by atoms with Crippen LogP contribution in [0.5, 0.6) is 0 Å². The predicted molar refractivity (Wildman–Crippen MR) is 242 cm³/mol. The molecule has 0 aliphatic carbocycles. The number of fused-ring (bicyclic) bond motifs is 9. The van der Waals surface area contributed by atoms with Gasteiger partial charge in [-0.3, -0.25) is 0 Å². The zero-order valence-corrected chi connectivity index (χ0v) is 32.1. The van der Waals surface area contributed by atoms with E-state index in [4.69, 9.17) is 15.0 Å². The predicted octanol–water partition coefficient (Wildman–Crippen LogP) is 14.4. The van der Waals surface area contributed by atoms with E-state index in [0.29, 0.717) is 17.5 Å². The molecule has 0 spiro atoms. The monoisotopic (exact) mass is 762 g/mol. The number of para-hydroxylation sites is 2. The molecule has 0 atom stereocenters. The van der Waals surface area contributed by atoms with Gasteiger partial charge in [-0.05, 0) is 65.7 Å². The van der Waals surface area contributed by atoms with E-state index in [1.807, 2.05) is 83.3 Å². The summed E-state index contributed by atoms with van der Waals surface area (Å²) in [6.07, 6.45) is 0. The Bertz CT molecular complexity index is 3410. The van der Waals surface area contributed by atoms with Crippen molar-refractivity contribution in [3.8, 4) is 51.0 Å². The smallest absolute Gasteiger partial charge is 0.164 e. The first-order valence-electron chi connectivity index (χ1n) is 19.0. The molecule has 0 aliphatic rings. The third-order valence-electron chi connectivity index (χ3n) is 11.1. The van der Waals surface area contributed by atoms with Crippen molar-refractivity contribution in [2.45, 2.75) is 0 Å². The molecule has 12 aromatic rings. The van der Waals surface area contributed by atoms with Crippen molar-refractivity contribution in [1.29, 1.82) is 0 Å². The molecule has 0 saturated carbocycles. The number of thiophene rings is 2. The summed E-state index contributed by atoms with van der Waals surface area (Å²) in [5, 5.41) is 7.64. The van der Waals surface area contributed by atoms with E-state index in [1.54, 1.807) is 0 Å². The fourth-order valence-electron chi connectivity index (χ4n) is 8.32. The van der Waals surface area contributed by atoms with Crippen molar-refractivity contribution >= 4 is 84.8 Å². The fraction of sp³-hybridized carbons (Fsp3) is 0. The highest BCUT2D eigenvalue weighted by Crippen LogP contribution is 2.42. The van der Waals surface area contributed by atoms with Crippen LogP contribution in [-0.4, -0.2) is 19.5 Å². The molecule has 0 bridgehead atoms. The Balaban J connectivity index is 0.922. The summed E-state index contributed by atoms with van der Waals surface area (Å²) in [4.78, 5) is 14.8. The Labute approximate surface area is 335 Å². The lowest BCUT2D eigenvalue weighted by molar-refractivity contribution is 1.07. The van der Waals surface area contributed by atoms with Crippen LogP contribution in [0.1, 0.15) is 0 Å². The average molecular weight is 763 g/mol. The van der Waals surface area contributed by atoms with Gasteiger partial charge in [-0.2, -0.15) is 0 Å². The molecular weight excluding hydrogens is 733 g/mol. The number of nitrogens with zero attached hydrogens (tertiary/aromatic N) is 4. The van der Waals surface area contributed by atoms with E-state index >= 15 is 0 Å². The summed E-state index contributed by atoms with van der Waals surface area (Å²) in [6.45, 7) is 0. The van der Waals surface area contributed by atoms with Crippen LogP contribution >= 0.6 is 22.7 Å². The molecule has 0 N–H and O–H groups in total. The SMILES string of the molecule is c1ccc(-c2nc(-c3ccccc3)nc(-c3ccc4c(c3)sc3ccc(-c5ccc6c(c5)sc5ccc(-n7c8ccccc8c8ccccc87)cc56)cc34)n2)cc1. The molecule has 0 saturated heterocycles. The Morgan fingerprint density at radius 2 is 0.754 bits per heavy atom. The van der Waals surface area contributed by atoms with Crippen LogP contribution in [-0.2, 0) is 0 Å². The lowest BCUT2D eigenvalue weighted by Gasteiger charge is -2.08. The molecule has 0 unspecified atom stereocenters. The highest BCUT2D eigenvalue weighted by molar-refractivity contribution is 7.26. The van der Waals surface area contributed by atoms with Gasteiger partial charge < -0.3 is 4.57 Å². The highest BCUT2D eigenvalue weighted by atomic mass is 32.1. The minimum atomic E-state index is 0.666. The van der Waals surface area contributed by atoms with Crippen molar-refractivity contribution in [2.24, 2.45) is 0 Å². The lowest BCUT2D eigenvalue weighted by atomic mass is 10.0. The van der Waals surface area contributed by atoms with Gasteiger partial charge in [0.05, 0.1) is 11.0 Å². The first kappa shape index (κ1) is 32.3. The minimum Gasteiger partial charge on any atom is -0.309 e. The Kier molecular flexibility index (Phi) is 7.24. The lowest BCUT2D eigenvalue weighted by Crippen LogP contribution is -1.99. The third kappa shape index (κ3) is 5.30. The molecule has 12 rings (SSSR count). The number of rotatable bonds is 5. The van der Waals surface area contributed by atoms with Crippen LogP contribution in [0.4, 0.5) is 0 Å². The second-order valence-electron chi connectivity index (χ2n) is 14.4. The van der Waals surface area contributed by atoms with Crippen molar-refractivity contribution in [2.75, 3.05) is 0 Å². The van der Waals surface area contributed by atoms with Crippen LogP contribution in [0.3, 0.4) is 0 Å². The van der Waals surface area contributed by atoms with E-state index in [2.05, 4.69) is 126 Å². The molecule has 4 nitrogen and oxygen atoms in total. The molecule has 0 aliphatic heterocycles. The highest BCUT2D eigenvalue weighted by Gasteiger charge is 2.16. The minimum absolute atomic E-state index is 0.666. The van der Waals surface area contributed by atoms with E-state index < -0.39 is 0 Å². The molecular formula is C51H30N4S2. The third-order valence-corrected chi connectivity index (χ3v) is 13.3. The normalized spacial score (nSPS) is 11.9. The molecule has 0 amide bonds. The summed E-state index contributed by atoms with van der Waals surface area (Å²) in [5.74, 6) is 2.00. The largest absolute Gasteiger partial charge is 0.309 e. The molecule has 8 aromatic carbocycles. The number of benzene rings is 8. The van der Waals surface area contributed by atoms with E-state index in [-0.39, 0.29) is 0 Å². The maximum atomic E-state index is 4.98. The van der Waals surface area contributed by atoms with Crippen LogP contribution in [0.2, 0.25) is 0 Å². The summed E-state index contributed by atoms with van der Waals surface area (Å²) < 4.78 is 7.47. The number of hydrogen-bond acceptors (Lipinski definition) is 5. The first-order chi connectivity index (χ1) is 28.2. The van der Waals surface area contributed by atoms with Gasteiger partial charge in [-0.1, -0.05) is 127 Å². The van der Waals surface area contributed by atoms with Crippen molar-refractivity contribution in [1.82, 2.24) is 19.5 Å².